The first-order chi connectivity index (χ1) is 6.36. The van der Waals surface area contributed by atoms with Gasteiger partial charge >= 0.3 is 0 Å². The fourth-order valence-corrected chi connectivity index (χ4v) is 3.03. The molecule has 2 heterocycles. The van der Waals surface area contributed by atoms with Gasteiger partial charge in [-0.3, -0.25) is 4.90 Å². The first-order valence-corrected chi connectivity index (χ1v) is 6.18. The molecule has 0 radical (unpaired) electrons. The van der Waals surface area contributed by atoms with Crippen LogP contribution in [0.4, 0.5) is 0 Å². The summed E-state index contributed by atoms with van der Waals surface area (Å²) in [6.07, 6.45) is 0. The Morgan fingerprint density at radius 3 is 2.71 bits per heavy atom. The molecular weight excluding hydrogens is 284 g/mol. The van der Waals surface area contributed by atoms with Gasteiger partial charge in [0.2, 0.25) is 0 Å². The molecule has 0 aromatic carbocycles. The van der Waals surface area contributed by atoms with E-state index in [4.69, 9.17) is 0 Å². The maximum Gasteiger partial charge on any atom is 0.0340 e. The van der Waals surface area contributed by atoms with Gasteiger partial charge in [0.15, 0.2) is 0 Å². The monoisotopic (exact) mass is 296 g/mol. The molecule has 14 heavy (non-hydrogen) atoms. The largest absolute Gasteiger partial charge is 0.314 e. The Kier molecular flexibility index (Phi) is 5.41. The van der Waals surface area contributed by atoms with Crippen LogP contribution >= 0.6 is 39.7 Å². The van der Waals surface area contributed by atoms with Crippen molar-refractivity contribution in [2.75, 3.05) is 26.2 Å². The maximum absolute atomic E-state index is 3.56. The standard InChI is InChI=1S/C9H13BrN2S.ClH/c10-8-1-6-13-9(8)7-12-4-2-11-3-5-12;/h1,6,11H,2-5,7H2;1H. The maximum atomic E-state index is 3.56. The highest BCUT2D eigenvalue weighted by atomic mass is 79.9. The number of nitrogens with zero attached hydrogens (tertiary/aromatic N) is 1. The molecule has 1 saturated heterocycles. The van der Waals surface area contributed by atoms with E-state index in [1.165, 1.54) is 22.4 Å². The normalized spacial score (nSPS) is 17.8. The lowest BCUT2D eigenvalue weighted by molar-refractivity contribution is 0.235. The number of rotatable bonds is 2. The minimum absolute atomic E-state index is 0. The fourth-order valence-electron chi connectivity index (χ4n) is 1.51. The summed E-state index contributed by atoms with van der Waals surface area (Å²) in [5.74, 6) is 0. The van der Waals surface area contributed by atoms with Gasteiger partial charge in [-0.25, -0.2) is 0 Å². The third-order valence-electron chi connectivity index (χ3n) is 2.27. The smallest absolute Gasteiger partial charge is 0.0340 e. The van der Waals surface area contributed by atoms with Crippen LogP contribution < -0.4 is 5.32 Å². The highest BCUT2D eigenvalue weighted by Gasteiger charge is 2.11. The molecule has 1 aliphatic heterocycles. The molecule has 0 atom stereocenters. The van der Waals surface area contributed by atoms with Crippen LogP contribution in [0.3, 0.4) is 0 Å². The van der Waals surface area contributed by atoms with Gasteiger partial charge in [0, 0.05) is 42.1 Å². The average molecular weight is 298 g/mol. The zero-order chi connectivity index (χ0) is 9.10. The van der Waals surface area contributed by atoms with Gasteiger partial charge in [-0.2, -0.15) is 0 Å². The summed E-state index contributed by atoms with van der Waals surface area (Å²) in [6, 6.07) is 2.13. The van der Waals surface area contributed by atoms with Crippen LogP contribution in [0.2, 0.25) is 0 Å². The van der Waals surface area contributed by atoms with Gasteiger partial charge in [0.05, 0.1) is 0 Å². The van der Waals surface area contributed by atoms with Crippen LogP contribution in [-0.2, 0) is 6.54 Å². The van der Waals surface area contributed by atoms with E-state index in [0.29, 0.717) is 0 Å². The zero-order valence-corrected chi connectivity index (χ0v) is 11.1. The number of hydrogen-bond acceptors (Lipinski definition) is 3. The molecule has 0 saturated carbocycles. The first kappa shape index (κ1) is 12.5. The second-order valence-electron chi connectivity index (χ2n) is 3.22. The first-order valence-electron chi connectivity index (χ1n) is 4.51. The van der Waals surface area contributed by atoms with Gasteiger partial charge in [-0.05, 0) is 27.4 Å². The van der Waals surface area contributed by atoms with Crippen LogP contribution in [0.15, 0.2) is 15.9 Å². The molecule has 0 aliphatic carbocycles. The lowest BCUT2D eigenvalue weighted by Crippen LogP contribution is -2.42. The van der Waals surface area contributed by atoms with Gasteiger partial charge in [0.1, 0.15) is 0 Å². The second kappa shape index (κ2) is 6.08. The highest BCUT2D eigenvalue weighted by Crippen LogP contribution is 2.24. The minimum atomic E-state index is 0. The number of thiophene rings is 1. The summed E-state index contributed by atoms with van der Waals surface area (Å²) in [6.45, 7) is 5.70. The van der Waals surface area contributed by atoms with Crippen molar-refractivity contribution in [1.29, 1.82) is 0 Å². The van der Waals surface area contributed by atoms with E-state index in [0.717, 1.165) is 19.6 Å². The van der Waals surface area contributed by atoms with E-state index in [1.54, 1.807) is 0 Å². The second-order valence-corrected chi connectivity index (χ2v) is 5.07. The average Bonchev–Trinajstić information content (AvgIpc) is 2.54. The molecule has 5 heteroatoms. The van der Waals surface area contributed by atoms with Gasteiger partial charge in [-0.15, -0.1) is 23.7 Å². The Balaban J connectivity index is 0.000000980. The Hall–Kier alpha value is 0.390. The summed E-state index contributed by atoms with van der Waals surface area (Å²) < 4.78 is 1.26. The summed E-state index contributed by atoms with van der Waals surface area (Å²) in [4.78, 5) is 3.94. The molecule has 1 aromatic heterocycles. The fraction of sp³-hybridized carbons (Fsp3) is 0.556. The van der Waals surface area contributed by atoms with Crippen molar-refractivity contribution in [2.24, 2.45) is 0 Å². The molecular formula is C9H14BrClN2S. The number of nitrogens with one attached hydrogen (secondary N) is 1. The lowest BCUT2D eigenvalue weighted by atomic mass is 10.3. The van der Waals surface area contributed by atoms with Crippen LogP contribution in [-0.4, -0.2) is 31.1 Å². The third kappa shape index (κ3) is 3.21. The van der Waals surface area contributed by atoms with E-state index >= 15 is 0 Å². The topological polar surface area (TPSA) is 15.3 Å². The zero-order valence-electron chi connectivity index (χ0n) is 7.83. The molecule has 1 aromatic rings. The summed E-state index contributed by atoms with van der Waals surface area (Å²) >= 11 is 5.40. The van der Waals surface area contributed by atoms with E-state index in [9.17, 15) is 0 Å². The predicted molar refractivity (Wildman–Crippen MR) is 67.4 cm³/mol. The van der Waals surface area contributed by atoms with Gasteiger partial charge in [0.25, 0.3) is 0 Å². The van der Waals surface area contributed by atoms with Crippen LogP contribution in [0.25, 0.3) is 0 Å². The lowest BCUT2D eigenvalue weighted by Gasteiger charge is -2.26. The molecule has 2 rings (SSSR count). The van der Waals surface area contributed by atoms with E-state index in [2.05, 4.69) is 37.6 Å². The van der Waals surface area contributed by atoms with Crippen LogP contribution in [0.5, 0.6) is 0 Å². The van der Waals surface area contributed by atoms with Crippen molar-refractivity contribution in [3.63, 3.8) is 0 Å². The van der Waals surface area contributed by atoms with Crippen molar-refractivity contribution < 1.29 is 0 Å². The molecule has 1 N–H and O–H groups in total. The highest BCUT2D eigenvalue weighted by molar-refractivity contribution is 9.10. The quantitative estimate of drug-likeness (QED) is 0.901. The summed E-state index contributed by atoms with van der Waals surface area (Å²) in [7, 11) is 0. The van der Waals surface area contributed by atoms with Crippen molar-refractivity contribution in [2.45, 2.75) is 6.54 Å². The summed E-state index contributed by atoms with van der Waals surface area (Å²) in [5, 5.41) is 5.50. The molecule has 80 valence electrons. The Labute approximate surface area is 103 Å². The molecule has 0 bridgehead atoms. The minimum Gasteiger partial charge on any atom is -0.314 e. The molecule has 0 amide bonds. The van der Waals surface area contributed by atoms with Crippen LogP contribution in [0, 0.1) is 0 Å². The van der Waals surface area contributed by atoms with Crippen molar-refractivity contribution >= 4 is 39.7 Å². The predicted octanol–water partition coefficient (Wildman–Crippen LogP) is 2.34. The Bertz CT molecular complexity index is 274. The van der Waals surface area contributed by atoms with E-state index < -0.39 is 0 Å². The van der Waals surface area contributed by atoms with Gasteiger partial charge < -0.3 is 5.32 Å². The molecule has 1 fully saturated rings. The summed E-state index contributed by atoms with van der Waals surface area (Å²) in [5.41, 5.74) is 0. The number of hydrogen-bond donors (Lipinski definition) is 1. The van der Waals surface area contributed by atoms with Crippen molar-refractivity contribution in [1.82, 2.24) is 10.2 Å². The molecule has 2 nitrogen and oxygen atoms in total. The number of piperazine rings is 1. The van der Waals surface area contributed by atoms with E-state index in [-0.39, 0.29) is 12.4 Å². The Morgan fingerprint density at radius 2 is 2.14 bits per heavy atom. The van der Waals surface area contributed by atoms with Gasteiger partial charge in [-0.1, -0.05) is 0 Å². The van der Waals surface area contributed by atoms with E-state index in [1.807, 2.05) is 11.3 Å². The SMILES string of the molecule is Brc1ccsc1CN1CCNCC1.Cl. The Morgan fingerprint density at radius 1 is 1.43 bits per heavy atom. The molecule has 0 unspecified atom stereocenters. The molecule has 1 aliphatic rings. The number of halogens is 2. The van der Waals surface area contributed by atoms with Crippen LogP contribution in [0.1, 0.15) is 4.88 Å². The van der Waals surface area contributed by atoms with Crippen molar-refractivity contribution in [3.8, 4) is 0 Å². The third-order valence-corrected chi connectivity index (χ3v) is 4.18. The molecule has 0 spiro atoms. The van der Waals surface area contributed by atoms with Crippen molar-refractivity contribution in [3.05, 3.63) is 20.8 Å².